The largest absolute Gasteiger partial charge is 0.318 e. The third-order valence-electron chi connectivity index (χ3n) is 3.66. The molecular formula is C15H17ClN2S. The fourth-order valence-corrected chi connectivity index (χ4v) is 3.80. The summed E-state index contributed by atoms with van der Waals surface area (Å²) in [6.07, 6.45) is 5.25. The van der Waals surface area contributed by atoms with Gasteiger partial charge in [0.25, 0.3) is 0 Å². The molecule has 0 bridgehead atoms. The van der Waals surface area contributed by atoms with Crippen molar-refractivity contribution in [2.75, 3.05) is 0 Å². The van der Waals surface area contributed by atoms with Crippen molar-refractivity contribution in [2.45, 2.75) is 38.6 Å². The first kappa shape index (κ1) is 12.9. The molecule has 0 saturated heterocycles. The molecule has 1 aromatic heterocycles. The zero-order valence-corrected chi connectivity index (χ0v) is 12.5. The van der Waals surface area contributed by atoms with Gasteiger partial charge in [-0.15, -0.1) is 11.3 Å². The van der Waals surface area contributed by atoms with Crippen LogP contribution in [0.15, 0.2) is 34.6 Å². The Balaban J connectivity index is 2.02. The van der Waals surface area contributed by atoms with Crippen molar-refractivity contribution in [3.63, 3.8) is 0 Å². The molecule has 2 nitrogen and oxygen atoms in total. The molecule has 1 saturated carbocycles. The minimum atomic E-state index is 0.636. The second-order valence-corrected chi connectivity index (χ2v) is 6.33. The maximum absolute atomic E-state index is 5.91. The van der Waals surface area contributed by atoms with Gasteiger partial charge in [0.2, 0.25) is 0 Å². The molecule has 1 aliphatic rings. The number of hydrogen-bond donors (Lipinski definition) is 0. The predicted molar refractivity (Wildman–Crippen MR) is 81.2 cm³/mol. The molecule has 1 fully saturated rings. The van der Waals surface area contributed by atoms with Crippen LogP contribution in [0.3, 0.4) is 0 Å². The van der Waals surface area contributed by atoms with Gasteiger partial charge in [-0.25, -0.2) is 4.99 Å². The van der Waals surface area contributed by atoms with Crippen LogP contribution < -0.4 is 4.80 Å². The molecule has 0 spiro atoms. The van der Waals surface area contributed by atoms with Gasteiger partial charge in [-0.3, -0.25) is 0 Å². The summed E-state index contributed by atoms with van der Waals surface area (Å²) in [7, 11) is 0. The standard InChI is InChI=1S/C15H17ClN2S/c1-11-10-19-15(18(11)14-4-2-3-5-14)17-13-8-6-12(16)7-9-13/h6-10,14H,2-5H2,1H3. The van der Waals surface area contributed by atoms with Gasteiger partial charge in [-0.1, -0.05) is 24.4 Å². The monoisotopic (exact) mass is 292 g/mol. The zero-order valence-electron chi connectivity index (χ0n) is 11.0. The summed E-state index contributed by atoms with van der Waals surface area (Å²) in [5.74, 6) is 0. The van der Waals surface area contributed by atoms with Crippen LogP contribution in [0.2, 0.25) is 5.02 Å². The number of halogens is 1. The van der Waals surface area contributed by atoms with Crippen molar-refractivity contribution in [1.29, 1.82) is 0 Å². The predicted octanol–water partition coefficient (Wildman–Crippen LogP) is 4.86. The molecule has 100 valence electrons. The highest BCUT2D eigenvalue weighted by Crippen LogP contribution is 2.30. The van der Waals surface area contributed by atoms with E-state index in [2.05, 4.69) is 16.9 Å². The molecule has 2 aromatic rings. The van der Waals surface area contributed by atoms with Crippen molar-refractivity contribution in [3.05, 3.63) is 45.2 Å². The van der Waals surface area contributed by atoms with E-state index in [1.54, 1.807) is 11.3 Å². The van der Waals surface area contributed by atoms with Crippen LogP contribution in [0.5, 0.6) is 0 Å². The van der Waals surface area contributed by atoms with Crippen molar-refractivity contribution in [1.82, 2.24) is 4.57 Å². The van der Waals surface area contributed by atoms with E-state index in [0.717, 1.165) is 15.5 Å². The molecule has 0 atom stereocenters. The fraction of sp³-hybridized carbons (Fsp3) is 0.400. The van der Waals surface area contributed by atoms with E-state index < -0.39 is 0 Å². The Morgan fingerprint density at radius 2 is 1.89 bits per heavy atom. The highest BCUT2D eigenvalue weighted by Gasteiger charge is 2.19. The lowest BCUT2D eigenvalue weighted by molar-refractivity contribution is 0.496. The first-order valence-corrected chi connectivity index (χ1v) is 7.97. The fourth-order valence-electron chi connectivity index (χ4n) is 2.72. The Hall–Kier alpha value is -1.06. The van der Waals surface area contributed by atoms with Gasteiger partial charge in [-0.05, 0) is 44.0 Å². The highest BCUT2D eigenvalue weighted by atomic mass is 35.5. The Labute approximate surface area is 122 Å². The van der Waals surface area contributed by atoms with Crippen LogP contribution in [0.4, 0.5) is 5.69 Å². The van der Waals surface area contributed by atoms with Gasteiger partial charge >= 0.3 is 0 Å². The number of thiazole rings is 1. The van der Waals surface area contributed by atoms with Crippen molar-refractivity contribution >= 4 is 28.6 Å². The second kappa shape index (κ2) is 5.51. The maximum Gasteiger partial charge on any atom is 0.190 e. The third-order valence-corrected chi connectivity index (χ3v) is 4.87. The average molecular weight is 293 g/mol. The summed E-state index contributed by atoms with van der Waals surface area (Å²) < 4.78 is 2.41. The van der Waals surface area contributed by atoms with Crippen LogP contribution in [0.1, 0.15) is 37.4 Å². The van der Waals surface area contributed by atoms with Gasteiger partial charge in [0.1, 0.15) is 0 Å². The first-order chi connectivity index (χ1) is 9.24. The first-order valence-electron chi connectivity index (χ1n) is 6.71. The Bertz CT molecular complexity index is 618. The molecule has 1 aliphatic carbocycles. The zero-order chi connectivity index (χ0) is 13.2. The summed E-state index contributed by atoms with van der Waals surface area (Å²) >= 11 is 7.63. The molecule has 4 heteroatoms. The highest BCUT2D eigenvalue weighted by molar-refractivity contribution is 7.07. The minimum Gasteiger partial charge on any atom is -0.318 e. The summed E-state index contributed by atoms with van der Waals surface area (Å²) in [5, 5.41) is 2.96. The molecule has 0 unspecified atom stereocenters. The molecule has 1 heterocycles. The van der Waals surface area contributed by atoms with Crippen molar-refractivity contribution < 1.29 is 0 Å². The molecule has 0 radical (unpaired) electrons. The Kier molecular flexibility index (Phi) is 3.76. The van der Waals surface area contributed by atoms with E-state index in [1.165, 1.54) is 31.4 Å². The minimum absolute atomic E-state index is 0.636. The molecule has 3 rings (SSSR count). The normalized spacial score (nSPS) is 17.3. The van der Waals surface area contributed by atoms with E-state index in [1.807, 2.05) is 24.3 Å². The number of aromatic nitrogens is 1. The van der Waals surface area contributed by atoms with Crippen molar-refractivity contribution in [2.24, 2.45) is 4.99 Å². The number of rotatable bonds is 2. The molecular weight excluding hydrogens is 276 g/mol. The van der Waals surface area contributed by atoms with Gasteiger partial charge < -0.3 is 4.57 Å². The van der Waals surface area contributed by atoms with Crippen molar-refractivity contribution in [3.8, 4) is 0 Å². The molecule has 0 amide bonds. The van der Waals surface area contributed by atoms with E-state index in [9.17, 15) is 0 Å². The van der Waals surface area contributed by atoms with Gasteiger partial charge in [0.15, 0.2) is 4.80 Å². The second-order valence-electron chi connectivity index (χ2n) is 5.06. The van der Waals surface area contributed by atoms with Crippen LogP contribution in [0, 0.1) is 6.92 Å². The molecule has 1 aromatic carbocycles. The van der Waals surface area contributed by atoms with Crippen LogP contribution in [-0.4, -0.2) is 4.57 Å². The van der Waals surface area contributed by atoms with E-state index in [4.69, 9.17) is 16.6 Å². The maximum atomic E-state index is 5.91. The van der Waals surface area contributed by atoms with Gasteiger partial charge in [0, 0.05) is 22.1 Å². The summed E-state index contributed by atoms with van der Waals surface area (Å²) in [5.41, 5.74) is 2.29. The number of aryl methyl sites for hydroxylation is 1. The molecule has 0 N–H and O–H groups in total. The lowest BCUT2D eigenvalue weighted by Gasteiger charge is -2.13. The number of hydrogen-bond acceptors (Lipinski definition) is 2. The SMILES string of the molecule is Cc1csc(=Nc2ccc(Cl)cc2)n1C1CCCC1. The van der Waals surface area contributed by atoms with Crippen LogP contribution in [-0.2, 0) is 0 Å². The number of nitrogens with zero attached hydrogens (tertiary/aromatic N) is 2. The molecule has 0 aliphatic heterocycles. The van der Waals surface area contributed by atoms with Gasteiger partial charge in [0.05, 0.1) is 5.69 Å². The van der Waals surface area contributed by atoms with Crippen LogP contribution >= 0.6 is 22.9 Å². The molecule has 19 heavy (non-hydrogen) atoms. The quantitative estimate of drug-likeness (QED) is 0.752. The lowest BCUT2D eigenvalue weighted by atomic mass is 10.2. The Morgan fingerprint density at radius 3 is 2.58 bits per heavy atom. The van der Waals surface area contributed by atoms with Gasteiger partial charge in [-0.2, -0.15) is 0 Å². The average Bonchev–Trinajstić information content (AvgIpc) is 3.02. The third kappa shape index (κ3) is 2.77. The summed E-state index contributed by atoms with van der Waals surface area (Å²) in [6.45, 7) is 2.18. The van der Waals surface area contributed by atoms with Crippen LogP contribution in [0.25, 0.3) is 0 Å². The smallest absolute Gasteiger partial charge is 0.190 e. The number of benzene rings is 1. The van der Waals surface area contributed by atoms with E-state index in [-0.39, 0.29) is 0 Å². The topological polar surface area (TPSA) is 17.3 Å². The Morgan fingerprint density at radius 1 is 1.21 bits per heavy atom. The summed E-state index contributed by atoms with van der Waals surface area (Å²) in [4.78, 5) is 5.87. The van der Waals surface area contributed by atoms with E-state index >= 15 is 0 Å². The lowest BCUT2D eigenvalue weighted by Crippen LogP contribution is -2.20. The van der Waals surface area contributed by atoms with E-state index in [0.29, 0.717) is 6.04 Å². The summed E-state index contributed by atoms with van der Waals surface area (Å²) in [6, 6.07) is 8.35.